The molecule has 0 unspecified atom stereocenters. The van der Waals surface area contributed by atoms with E-state index in [0.29, 0.717) is 0 Å². The minimum absolute atomic E-state index is 0.939. The van der Waals surface area contributed by atoms with Crippen LogP contribution < -0.4 is 0 Å². The number of aryl methyl sites for hydroxylation is 4. The summed E-state index contributed by atoms with van der Waals surface area (Å²) in [6.07, 6.45) is 4.33. The summed E-state index contributed by atoms with van der Waals surface area (Å²) in [6.45, 7) is 6.38. The lowest BCUT2D eigenvalue weighted by Crippen LogP contribution is -1.92. The molecule has 8 bridgehead atoms. The van der Waals surface area contributed by atoms with Crippen LogP contribution in [0.1, 0.15) is 28.1 Å². The average Bonchev–Trinajstić information content (AvgIpc) is 3.86. The van der Waals surface area contributed by atoms with Crippen molar-refractivity contribution in [3.05, 3.63) is 137 Å². The van der Waals surface area contributed by atoms with Gasteiger partial charge in [-0.25, -0.2) is 4.98 Å². The highest BCUT2D eigenvalue weighted by Gasteiger charge is 2.17. The van der Waals surface area contributed by atoms with Crippen LogP contribution in [0.5, 0.6) is 0 Å². The molecule has 4 nitrogen and oxygen atoms in total. The molecule has 218 valence electrons. The van der Waals surface area contributed by atoms with E-state index in [1.807, 2.05) is 0 Å². The summed E-state index contributed by atoms with van der Waals surface area (Å²) in [5, 5.41) is 0. The van der Waals surface area contributed by atoms with Crippen LogP contribution in [-0.2, 0) is 7.05 Å². The normalized spacial score (nSPS) is 11.9. The van der Waals surface area contributed by atoms with Crippen LogP contribution in [0.25, 0.3) is 78.6 Å². The highest BCUT2D eigenvalue weighted by molar-refractivity contribution is 6.00. The zero-order valence-electron chi connectivity index (χ0n) is 25.9. The van der Waals surface area contributed by atoms with Crippen LogP contribution in [0.4, 0.5) is 0 Å². The number of nitrogens with one attached hydrogen (secondary N) is 2. The van der Waals surface area contributed by atoms with Gasteiger partial charge in [-0.2, -0.15) is 0 Å². The average molecular weight is 583 g/mol. The third-order valence-corrected chi connectivity index (χ3v) is 9.01. The van der Waals surface area contributed by atoms with Gasteiger partial charge >= 0.3 is 0 Å². The molecule has 5 heterocycles. The van der Waals surface area contributed by atoms with Crippen molar-refractivity contribution in [2.45, 2.75) is 20.8 Å². The SMILES string of the molecule is Cc1ccc(-c2c3nc(c(-c4ccc(C)cc4)c4ccc(c5ccc([nH]5)c(-c5ccc(C)cc5)c5ccc2[nH]5)n4C)C=C3)cc1. The molecule has 0 spiro atoms. The Labute approximate surface area is 262 Å². The minimum Gasteiger partial charge on any atom is -0.354 e. The first-order valence-electron chi connectivity index (χ1n) is 15.4. The number of H-pyrrole nitrogens is 2. The van der Waals surface area contributed by atoms with Crippen LogP contribution in [0.3, 0.4) is 0 Å². The lowest BCUT2D eigenvalue weighted by Gasteiger charge is -2.08. The highest BCUT2D eigenvalue weighted by atomic mass is 14.9. The largest absolute Gasteiger partial charge is 0.354 e. The number of aromatic nitrogens is 4. The van der Waals surface area contributed by atoms with Gasteiger partial charge in [-0.1, -0.05) is 89.5 Å². The molecule has 1 aliphatic rings. The summed E-state index contributed by atoms with van der Waals surface area (Å²) >= 11 is 0. The van der Waals surface area contributed by atoms with E-state index >= 15 is 0 Å². The summed E-state index contributed by atoms with van der Waals surface area (Å²) in [5.41, 5.74) is 18.8. The van der Waals surface area contributed by atoms with Gasteiger partial charge in [-0.15, -0.1) is 0 Å². The molecule has 0 amide bonds. The van der Waals surface area contributed by atoms with Crippen LogP contribution in [0, 0.1) is 20.8 Å². The van der Waals surface area contributed by atoms with Crippen molar-refractivity contribution >= 4 is 45.3 Å². The molecule has 8 rings (SSSR count). The number of hydrogen-bond acceptors (Lipinski definition) is 1. The van der Waals surface area contributed by atoms with Crippen molar-refractivity contribution in [1.82, 2.24) is 19.5 Å². The Kier molecular flexibility index (Phi) is 6.31. The van der Waals surface area contributed by atoms with E-state index in [1.165, 1.54) is 16.7 Å². The van der Waals surface area contributed by atoms with Gasteiger partial charge < -0.3 is 14.5 Å². The van der Waals surface area contributed by atoms with Gasteiger partial charge in [-0.05, 0) is 86.0 Å². The van der Waals surface area contributed by atoms with Crippen molar-refractivity contribution < 1.29 is 0 Å². The molecule has 0 aliphatic carbocycles. The Bertz CT molecular complexity index is 2380. The van der Waals surface area contributed by atoms with Crippen molar-refractivity contribution in [2.24, 2.45) is 7.05 Å². The molecule has 0 atom stereocenters. The van der Waals surface area contributed by atoms with E-state index < -0.39 is 0 Å². The Morgan fingerprint density at radius 2 is 0.822 bits per heavy atom. The Morgan fingerprint density at radius 1 is 0.422 bits per heavy atom. The maximum atomic E-state index is 5.37. The van der Waals surface area contributed by atoms with E-state index in [-0.39, 0.29) is 0 Å². The second-order valence-electron chi connectivity index (χ2n) is 12.2. The second-order valence-corrected chi connectivity index (χ2v) is 12.2. The van der Waals surface area contributed by atoms with Crippen molar-refractivity contribution in [1.29, 1.82) is 0 Å². The van der Waals surface area contributed by atoms with Gasteiger partial charge in [0.1, 0.15) is 0 Å². The summed E-state index contributed by atoms with van der Waals surface area (Å²) in [5.74, 6) is 0. The minimum atomic E-state index is 0.939. The number of nitrogens with zero attached hydrogens (tertiary/aromatic N) is 2. The Hall–Kier alpha value is -5.61. The number of aromatic amines is 2. The molecule has 0 saturated heterocycles. The fourth-order valence-corrected chi connectivity index (χ4v) is 6.54. The standard InChI is InChI=1S/C41H34N4/c1-25-5-11-28(12-6-25)39-32-18-17-31(42-32)37-23-24-38(45(37)4)41(30-15-9-27(3)10-16-30)36-22-21-35(44-36)40(34-20-19-33(39)43-34)29-13-7-26(2)8-14-29/h5-24,42-43H,1-4H3. The van der Waals surface area contributed by atoms with Gasteiger partial charge in [-0.3, -0.25) is 0 Å². The number of benzene rings is 3. The number of rotatable bonds is 3. The highest BCUT2D eigenvalue weighted by Crippen LogP contribution is 2.37. The third kappa shape index (κ3) is 4.67. The van der Waals surface area contributed by atoms with E-state index in [4.69, 9.17) is 4.98 Å². The Morgan fingerprint density at radius 3 is 1.38 bits per heavy atom. The molecule has 0 fully saturated rings. The molecule has 1 aliphatic heterocycles. The van der Waals surface area contributed by atoms with Crippen LogP contribution in [0.15, 0.2) is 109 Å². The first kappa shape index (κ1) is 27.0. The van der Waals surface area contributed by atoms with Crippen molar-refractivity contribution in [3.63, 3.8) is 0 Å². The summed E-state index contributed by atoms with van der Waals surface area (Å²) in [7, 11) is 2.15. The molecule has 2 N–H and O–H groups in total. The lowest BCUT2D eigenvalue weighted by atomic mass is 10.0. The number of hydrogen-bond donors (Lipinski definition) is 2. The van der Waals surface area contributed by atoms with Crippen molar-refractivity contribution in [3.8, 4) is 33.4 Å². The van der Waals surface area contributed by atoms with Gasteiger partial charge in [0.2, 0.25) is 0 Å². The monoisotopic (exact) mass is 582 g/mol. The smallest absolute Gasteiger partial charge is 0.0737 e. The fourth-order valence-electron chi connectivity index (χ4n) is 6.54. The topological polar surface area (TPSA) is 49.4 Å². The van der Waals surface area contributed by atoms with Gasteiger partial charge in [0.25, 0.3) is 0 Å². The zero-order chi connectivity index (χ0) is 30.7. The Balaban J connectivity index is 1.57. The summed E-state index contributed by atoms with van der Waals surface area (Å²) < 4.78 is 2.28. The molecule has 0 saturated carbocycles. The molecule has 0 radical (unpaired) electrons. The number of fused-ring (bicyclic) bond motifs is 9. The van der Waals surface area contributed by atoms with Gasteiger partial charge in [0.05, 0.1) is 27.9 Å². The van der Waals surface area contributed by atoms with E-state index in [2.05, 4.69) is 164 Å². The molecule has 45 heavy (non-hydrogen) atoms. The first-order valence-corrected chi connectivity index (χ1v) is 15.4. The molecule has 4 aromatic heterocycles. The predicted octanol–water partition coefficient (Wildman–Crippen LogP) is 10.6. The quantitative estimate of drug-likeness (QED) is 0.214. The maximum Gasteiger partial charge on any atom is 0.0737 e. The zero-order valence-corrected chi connectivity index (χ0v) is 25.9. The van der Waals surface area contributed by atoms with E-state index in [1.54, 1.807) is 0 Å². The van der Waals surface area contributed by atoms with Gasteiger partial charge in [0.15, 0.2) is 0 Å². The van der Waals surface area contributed by atoms with Crippen molar-refractivity contribution in [2.75, 3.05) is 0 Å². The van der Waals surface area contributed by atoms with Crippen LogP contribution in [-0.4, -0.2) is 19.5 Å². The molecule has 7 aromatic rings. The van der Waals surface area contributed by atoms with Crippen LogP contribution >= 0.6 is 0 Å². The predicted molar refractivity (Wildman–Crippen MR) is 190 cm³/mol. The third-order valence-electron chi connectivity index (χ3n) is 9.01. The molecule has 4 heteroatoms. The van der Waals surface area contributed by atoms with E-state index in [0.717, 1.165) is 77.9 Å². The summed E-state index contributed by atoms with van der Waals surface area (Å²) in [4.78, 5) is 13.0. The molecular formula is C41H34N4. The first-order chi connectivity index (χ1) is 21.9. The second kappa shape index (κ2) is 10.5. The van der Waals surface area contributed by atoms with Gasteiger partial charge in [0, 0.05) is 40.3 Å². The van der Waals surface area contributed by atoms with Crippen LogP contribution in [0.2, 0.25) is 0 Å². The molecular weight excluding hydrogens is 548 g/mol. The van der Waals surface area contributed by atoms with E-state index in [9.17, 15) is 0 Å². The molecule has 3 aromatic carbocycles. The fraction of sp³-hybridized carbons (Fsp3) is 0.0976. The maximum absolute atomic E-state index is 5.37. The summed E-state index contributed by atoms with van der Waals surface area (Å²) in [6, 6.07) is 39.5. The lowest BCUT2D eigenvalue weighted by molar-refractivity contribution is 1.01.